The lowest BCUT2D eigenvalue weighted by Crippen LogP contribution is -2.11. The van der Waals surface area contributed by atoms with Crippen molar-refractivity contribution in [3.05, 3.63) is 149 Å². The summed E-state index contributed by atoms with van der Waals surface area (Å²) in [7, 11) is 0. The first-order valence-corrected chi connectivity index (χ1v) is 12.9. The first-order chi connectivity index (χ1) is 18.2. The molecule has 0 atom stereocenters. The van der Waals surface area contributed by atoms with Gasteiger partial charge in [0.05, 0.1) is 11.4 Å². The van der Waals surface area contributed by atoms with Crippen LogP contribution in [-0.4, -0.2) is 0 Å². The number of nitrogens with zero attached hydrogens (tertiary/aromatic N) is 1. The topological polar surface area (TPSA) is 3.24 Å². The molecule has 0 aliphatic carbocycles. The lowest BCUT2D eigenvalue weighted by molar-refractivity contribution is 1.31. The van der Waals surface area contributed by atoms with Crippen LogP contribution in [0.5, 0.6) is 0 Å². The average molecular weight is 516 g/mol. The van der Waals surface area contributed by atoms with Gasteiger partial charge in [0.15, 0.2) is 0 Å². The summed E-state index contributed by atoms with van der Waals surface area (Å²) in [6.07, 6.45) is 4.10. The molecule has 0 amide bonds. The van der Waals surface area contributed by atoms with Crippen LogP contribution in [0.15, 0.2) is 127 Å². The van der Waals surface area contributed by atoms with Crippen LogP contribution in [0.25, 0.3) is 33.7 Å². The Hall–Kier alpha value is -4.04. The molecule has 0 saturated heterocycles. The molecule has 3 heteroatoms. The number of halogens is 2. The van der Waals surface area contributed by atoms with E-state index in [4.69, 9.17) is 23.2 Å². The van der Waals surface area contributed by atoms with Gasteiger partial charge in [-0.25, -0.2) is 0 Å². The third-order valence-electron chi connectivity index (χ3n) is 6.52. The molecule has 0 spiro atoms. The average Bonchev–Trinajstić information content (AvgIpc) is 2.92. The Morgan fingerprint density at radius 3 is 1.51 bits per heavy atom. The normalized spacial score (nSPS) is 11.4. The van der Waals surface area contributed by atoms with Gasteiger partial charge in [0.2, 0.25) is 0 Å². The molecule has 178 valence electrons. The molecule has 0 N–H and O–H groups in total. The first-order valence-electron chi connectivity index (χ1n) is 12.2. The molecule has 0 radical (unpaired) electrons. The smallest absolute Gasteiger partial charge is 0.0540 e. The maximum Gasteiger partial charge on any atom is 0.0540 e. The summed E-state index contributed by atoms with van der Waals surface area (Å²) in [5.41, 5.74) is 5.44. The van der Waals surface area contributed by atoms with E-state index in [2.05, 4.69) is 120 Å². The van der Waals surface area contributed by atoms with Crippen molar-refractivity contribution in [3.63, 3.8) is 0 Å². The summed E-state index contributed by atoms with van der Waals surface area (Å²) in [5.74, 6) is 0. The lowest BCUT2D eigenvalue weighted by Gasteiger charge is -2.28. The summed E-state index contributed by atoms with van der Waals surface area (Å²) in [6.45, 7) is 0. The number of benzene rings is 6. The Morgan fingerprint density at radius 1 is 0.459 bits per heavy atom. The zero-order chi connectivity index (χ0) is 25.2. The van der Waals surface area contributed by atoms with Gasteiger partial charge in [-0.15, -0.1) is 0 Å². The highest BCUT2D eigenvalue weighted by molar-refractivity contribution is 6.34. The molecule has 0 bridgehead atoms. The predicted molar refractivity (Wildman–Crippen MR) is 162 cm³/mol. The minimum atomic E-state index is 0.628. The maximum atomic E-state index is 6.16. The zero-order valence-electron chi connectivity index (χ0n) is 20.0. The molecule has 6 aromatic rings. The van der Waals surface area contributed by atoms with Crippen LogP contribution in [0, 0.1) is 0 Å². The second-order valence-electron chi connectivity index (χ2n) is 8.96. The molecule has 6 rings (SSSR count). The minimum Gasteiger partial charge on any atom is -0.309 e. The Morgan fingerprint density at radius 2 is 0.946 bits per heavy atom. The molecule has 1 nitrogen and oxygen atoms in total. The number of anilines is 3. The fourth-order valence-electron chi connectivity index (χ4n) is 4.81. The Kier molecular flexibility index (Phi) is 6.40. The SMILES string of the molecule is Clc1cc(Cl)cc(/C=C/c2ccc(N(c3cccc4ccccc34)c3cccc4ccccc34)cc2)c1. The summed E-state index contributed by atoms with van der Waals surface area (Å²) < 4.78 is 0. The van der Waals surface area contributed by atoms with Crippen molar-refractivity contribution in [2.45, 2.75) is 0 Å². The molecule has 0 heterocycles. The number of fused-ring (bicyclic) bond motifs is 2. The number of hydrogen-bond acceptors (Lipinski definition) is 1. The highest BCUT2D eigenvalue weighted by Crippen LogP contribution is 2.41. The third kappa shape index (κ3) is 4.84. The van der Waals surface area contributed by atoms with E-state index >= 15 is 0 Å². The Bertz CT molecular complexity index is 1640. The van der Waals surface area contributed by atoms with Crippen LogP contribution in [0.1, 0.15) is 11.1 Å². The lowest BCUT2D eigenvalue weighted by atomic mass is 10.0. The van der Waals surface area contributed by atoms with E-state index in [1.165, 1.54) is 21.5 Å². The predicted octanol–water partition coefficient (Wildman–Crippen LogP) is 10.9. The van der Waals surface area contributed by atoms with E-state index in [1.807, 2.05) is 18.2 Å². The van der Waals surface area contributed by atoms with Gasteiger partial charge in [0.1, 0.15) is 0 Å². The fraction of sp³-hybridized carbons (Fsp3) is 0. The van der Waals surface area contributed by atoms with Crippen LogP contribution >= 0.6 is 23.2 Å². The van der Waals surface area contributed by atoms with Crippen LogP contribution in [0.2, 0.25) is 10.0 Å². The van der Waals surface area contributed by atoms with Gasteiger partial charge >= 0.3 is 0 Å². The van der Waals surface area contributed by atoms with Crippen LogP contribution < -0.4 is 4.90 Å². The number of hydrogen-bond donors (Lipinski definition) is 0. The second kappa shape index (κ2) is 10.1. The second-order valence-corrected chi connectivity index (χ2v) is 9.83. The molecule has 0 aliphatic heterocycles. The standard InChI is InChI=1S/C34H23Cl2N/c35-28-21-25(22-29(36)23-28)16-15-24-17-19-30(20-18-24)37(33-13-5-9-26-7-1-3-11-31(26)33)34-14-6-10-27-8-2-4-12-32(27)34/h1-23H/b16-15+. The quantitative estimate of drug-likeness (QED) is 0.206. The van der Waals surface area contributed by atoms with Crippen LogP contribution in [0.4, 0.5) is 17.1 Å². The molecule has 0 unspecified atom stereocenters. The van der Waals surface area contributed by atoms with E-state index < -0.39 is 0 Å². The largest absolute Gasteiger partial charge is 0.309 e. The van der Waals surface area contributed by atoms with E-state index in [0.29, 0.717) is 10.0 Å². The van der Waals surface area contributed by atoms with Crippen LogP contribution in [-0.2, 0) is 0 Å². The van der Waals surface area contributed by atoms with E-state index in [0.717, 1.165) is 28.2 Å². The van der Waals surface area contributed by atoms with Gasteiger partial charge < -0.3 is 4.90 Å². The Balaban J connectivity index is 1.47. The molecule has 0 aliphatic rings. The van der Waals surface area contributed by atoms with Gasteiger partial charge in [-0.1, -0.05) is 120 Å². The van der Waals surface area contributed by atoms with E-state index in [-0.39, 0.29) is 0 Å². The van der Waals surface area contributed by atoms with Gasteiger partial charge in [-0.3, -0.25) is 0 Å². The van der Waals surface area contributed by atoms with Crippen molar-refractivity contribution >= 4 is 74.0 Å². The highest BCUT2D eigenvalue weighted by Gasteiger charge is 2.17. The van der Waals surface area contributed by atoms with Crippen molar-refractivity contribution in [3.8, 4) is 0 Å². The van der Waals surface area contributed by atoms with Gasteiger partial charge in [-0.05, 0) is 64.4 Å². The monoisotopic (exact) mass is 515 g/mol. The van der Waals surface area contributed by atoms with Gasteiger partial charge in [0.25, 0.3) is 0 Å². The van der Waals surface area contributed by atoms with Crippen molar-refractivity contribution in [2.24, 2.45) is 0 Å². The molecular weight excluding hydrogens is 493 g/mol. The summed E-state index contributed by atoms with van der Waals surface area (Å²) in [4.78, 5) is 2.36. The summed E-state index contributed by atoms with van der Waals surface area (Å²) >= 11 is 12.3. The van der Waals surface area contributed by atoms with Crippen molar-refractivity contribution in [2.75, 3.05) is 4.90 Å². The minimum absolute atomic E-state index is 0.628. The maximum absolute atomic E-state index is 6.16. The fourth-order valence-corrected chi connectivity index (χ4v) is 5.36. The van der Waals surface area contributed by atoms with E-state index in [9.17, 15) is 0 Å². The summed E-state index contributed by atoms with van der Waals surface area (Å²) in [5, 5.41) is 6.10. The molecular formula is C34H23Cl2N. The van der Waals surface area contributed by atoms with Gasteiger partial charge in [0, 0.05) is 26.5 Å². The van der Waals surface area contributed by atoms with Crippen molar-refractivity contribution in [1.82, 2.24) is 0 Å². The first kappa shape index (κ1) is 23.4. The number of rotatable bonds is 5. The molecule has 0 saturated carbocycles. The molecule has 0 aromatic heterocycles. The summed E-state index contributed by atoms with van der Waals surface area (Å²) in [6, 6.07) is 44.2. The molecule has 6 aromatic carbocycles. The third-order valence-corrected chi connectivity index (χ3v) is 6.96. The highest BCUT2D eigenvalue weighted by atomic mass is 35.5. The molecule has 37 heavy (non-hydrogen) atoms. The zero-order valence-corrected chi connectivity index (χ0v) is 21.5. The Labute approximate surface area is 226 Å². The van der Waals surface area contributed by atoms with Crippen molar-refractivity contribution < 1.29 is 0 Å². The van der Waals surface area contributed by atoms with Crippen LogP contribution in [0.3, 0.4) is 0 Å². The van der Waals surface area contributed by atoms with Gasteiger partial charge in [-0.2, -0.15) is 0 Å². The molecule has 0 fully saturated rings. The van der Waals surface area contributed by atoms with Crippen molar-refractivity contribution in [1.29, 1.82) is 0 Å². The van der Waals surface area contributed by atoms with E-state index in [1.54, 1.807) is 6.07 Å².